The van der Waals surface area contributed by atoms with Crippen molar-refractivity contribution in [2.75, 3.05) is 24.5 Å². The van der Waals surface area contributed by atoms with E-state index in [4.69, 9.17) is 0 Å². The van der Waals surface area contributed by atoms with Crippen molar-refractivity contribution in [2.24, 2.45) is 0 Å². The predicted octanol–water partition coefficient (Wildman–Crippen LogP) is 2.89. The van der Waals surface area contributed by atoms with E-state index in [1.807, 2.05) is 20.0 Å². The number of hydrogen-bond donors (Lipinski definition) is 1. The first-order chi connectivity index (χ1) is 10.1. The molecular weight excluding hydrogens is 260 g/mol. The summed E-state index contributed by atoms with van der Waals surface area (Å²) >= 11 is 0. The van der Waals surface area contributed by atoms with Gasteiger partial charge in [-0.15, -0.1) is 0 Å². The van der Waals surface area contributed by atoms with E-state index in [2.05, 4.69) is 52.3 Å². The first kappa shape index (κ1) is 15.4. The summed E-state index contributed by atoms with van der Waals surface area (Å²) in [5.74, 6) is 2.06. The molecule has 4 nitrogen and oxygen atoms in total. The highest BCUT2D eigenvalue weighted by atomic mass is 15.4. The van der Waals surface area contributed by atoms with Gasteiger partial charge in [0.15, 0.2) is 0 Å². The number of anilines is 1. The highest BCUT2D eigenvalue weighted by Crippen LogP contribution is 2.25. The Morgan fingerprint density at radius 2 is 1.95 bits per heavy atom. The molecule has 1 aromatic rings. The number of nitrogens with one attached hydrogen (secondary N) is 1. The van der Waals surface area contributed by atoms with Crippen LogP contribution in [0, 0.1) is 6.92 Å². The molecule has 2 fully saturated rings. The van der Waals surface area contributed by atoms with Gasteiger partial charge < -0.3 is 15.1 Å². The Hall–Kier alpha value is -1.97. The fourth-order valence-electron chi connectivity index (χ4n) is 2.62. The average Bonchev–Trinajstić information content (AvgIpc) is 2.44. The van der Waals surface area contributed by atoms with Gasteiger partial charge in [-0.1, -0.05) is 33.1 Å². The predicted molar refractivity (Wildman–Crippen MR) is 89.1 cm³/mol. The molecule has 4 heteroatoms. The fraction of sp³-hybridized carbons (Fsp3) is 0.471. The number of rotatable bonds is 2. The van der Waals surface area contributed by atoms with Crippen molar-refractivity contribution in [3.8, 4) is 0 Å². The molecule has 21 heavy (non-hydrogen) atoms. The third-order valence-corrected chi connectivity index (χ3v) is 3.85. The first-order valence-electron chi connectivity index (χ1n) is 7.71. The fourth-order valence-corrected chi connectivity index (χ4v) is 2.62. The van der Waals surface area contributed by atoms with E-state index in [0.717, 1.165) is 43.4 Å². The van der Waals surface area contributed by atoms with Crippen LogP contribution in [0.4, 0.5) is 5.82 Å². The summed E-state index contributed by atoms with van der Waals surface area (Å²) in [6.07, 6.45) is 2.92. The monoisotopic (exact) mass is 286 g/mol. The van der Waals surface area contributed by atoms with Crippen LogP contribution in [0.2, 0.25) is 0 Å². The molecule has 0 spiro atoms. The standard InChI is InChI=1S/C15H20N4.C2H6/c1-11-4-5-15(16-8-11)18-9-14(10-18)19-7-6-12(2)17-13(19)3;1-2/h4-5,8,14,17H,2-3,6-7,9-10H2,1H3;1-2H3. The van der Waals surface area contributed by atoms with Crippen molar-refractivity contribution in [1.82, 2.24) is 15.2 Å². The zero-order valence-electron chi connectivity index (χ0n) is 13.4. The van der Waals surface area contributed by atoms with Gasteiger partial charge in [0.1, 0.15) is 5.82 Å². The molecule has 0 unspecified atom stereocenters. The number of nitrogens with zero attached hydrogens (tertiary/aromatic N) is 3. The molecule has 1 aromatic heterocycles. The summed E-state index contributed by atoms with van der Waals surface area (Å²) < 4.78 is 0. The number of hydrogen-bond acceptors (Lipinski definition) is 4. The van der Waals surface area contributed by atoms with Gasteiger partial charge >= 0.3 is 0 Å². The van der Waals surface area contributed by atoms with E-state index in [1.165, 1.54) is 5.56 Å². The first-order valence-corrected chi connectivity index (χ1v) is 7.71. The van der Waals surface area contributed by atoms with Crippen LogP contribution in [0.5, 0.6) is 0 Å². The third-order valence-electron chi connectivity index (χ3n) is 3.85. The highest BCUT2D eigenvalue weighted by Gasteiger charge is 2.34. The molecule has 3 rings (SSSR count). The van der Waals surface area contributed by atoms with Crippen molar-refractivity contribution >= 4 is 5.82 Å². The van der Waals surface area contributed by atoms with E-state index < -0.39 is 0 Å². The topological polar surface area (TPSA) is 31.4 Å². The Balaban J connectivity index is 0.000000774. The van der Waals surface area contributed by atoms with Crippen LogP contribution in [-0.4, -0.2) is 35.6 Å². The van der Waals surface area contributed by atoms with Crippen molar-refractivity contribution in [2.45, 2.75) is 33.2 Å². The summed E-state index contributed by atoms with van der Waals surface area (Å²) in [5, 5.41) is 3.24. The Kier molecular flexibility index (Phi) is 4.89. The second kappa shape index (κ2) is 6.66. The second-order valence-electron chi connectivity index (χ2n) is 5.37. The minimum absolute atomic E-state index is 0.538. The molecule has 0 aliphatic carbocycles. The Bertz CT molecular complexity index is 500. The van der Waals surface area contributed by atoms with Gasteiger partial charge in [-0.2, -0.15) is 0 Å². The lowest BCUT2D eigenvalue weighted by atomic mass is 10.1. The second-order valence-corrected chi connectivity index (χ2v) is 5.37. The maximum absolute atomic E-state index is 4.47. The molecule has 0 bridgehead atoms. The normalized spacial score (nSPS) is 18.6. The van der Waals surface area contributed by atoms with Gasteiger partial charge in [-0.25, -0.2) is 4.98 Å². The minimum atomic E-state index is 0.538. The number of pyridine rings is 1. The van der Waals surface area contributed by atoms with Crippen LogP contribution in [0.1, 0.15) is 25.8 Å². The number of aromatic nitrogens is 1. The maximum Gasteiger partial charge on any atom is 0.128 e. The number of aryl methyl sites for hydroxylation is 1. The van der Waals surface area contributed by atoms with E-state index in [0.29, 0.717) is 6.04 Å². The van der Waals surface area contributed by atoms with E-state index in [-0.39, 0.29) is 0 Å². The van der Waals surface area contributed by atoms with Crippen LogP contribution in [0.3, 0.4) is 0 Å². The largest absolute Gasteiger partial charge is 0.352 e. The molecule has 0 saturated carbocycles. The van der Waals surface area contributed by atoms with Crippen LogP contribution in [0.15, 0.2) is 43.0 Å². The van der Waals surface area contributed by atoms with Crippen molar-refractivity contribution in [1.29, 1.82) is 0 Å². The molecule has 2 aliphatic rings. The van der Waals surface area contributed by atoms with Crippen molar-refractivity contribution < 1.29 is 0 Å². The molecule has 3 heterocycles. The lowest BCUT2D eigenvalue weighted by Crippen LogP contribution is -2.61. The summed E-state index contributed by atoms with van der Waals surface area (Å²) in [7, 11) is 0. The molecule has 0 atom stereocenters. The van der Waals surface area contributed by atoms with E-state index in [9.17, 15) is 0 Å². The third kappa shape index (κ3) is 3.38. The van der Waals surface area contributed by atoms with E-state index >= 15 is 0 Å². The molecule has 0 aromatic carbocycles. The molecule has 0 radical (unpaired) electrons. The maximum atomic E-state index is 4.47. The van der Waals surface area contributed by atoms with Crippen molar-refractivity contribution in [3.63, 3.8) is 0 Å². The molecule has 0 amide bonds. The lowest BCUT2D eigenvalue weighted by Gasteiger charge is -2.49. The average molecular weight is 286 g/mol. The Labute approximate surface area is 128 Å². The van der Waals surface area contributed by atoms with Crippen LogP contribution < -0.4 is 10.2 Å². The summed E-state index contributed by atoms with van der Waals surface area (Å²) in [6, 6.07) is 4.74. The van der Waals surface area contributed by atoms with Gasteiger partial charge in [0.2, 0.25) is 0 Å². The quantitative estimate of drug-likeness (QED) is 0.906. The van der Waals surface area contributed by atoms with Crippen molar-refractivity contribution in [3.05, 3.63) is 48.6 Å². The van der Waals surface area contributed by atoms with Gasteiger partial charge in [0, 0.05) is 37.9 Å². The zero-order chi connectivity index (χ0) is 15.4. The molecular formula is C17H26N4. The minimum Gasteiger partial charge on any atom is -0.352 e. The zero-order valence-corrected chi connectivity index (χ0v) is 13.4. The molecule has 2 saturated heterocycles. The highest BCUT2D eigenvalue weighted by molar-refractivity contribution is 5.43. The van der Waals surface area contributed by atoms with Crippen LogP contribution in [-0.2, 0) is 0 Å². The summed E-state index contributed by atoms with van der Waals surface area (Å²) in [5.41, 5.74) is 2.27. The van der Waals surface area contributed by atoms with Gasteiger partial charge in [0.25, 0.3) is 0 Å². The molecule has 114 valence electrons. The van der Waals surface area contributed by atoms with Crippen LogP contribution >= 0.6 is 0 Å². The molecule has 1 N–H and O–H groups in total. The van der Waals surface area contributed by atoms with Gasteiger partial charge in [-0.05, 0) is 18.6 Å². The molecule has 2 aliphatic heterocycles. The summed E-state index contributed by atoms with van der Waals surface area (Å²) in [4.78, 5) is 9.12. The van der Waals surface area contributed by atoms with Gasteiger partial charge in [-0.3, -0.25) is 0 Å². The van der Waals surface area contributed by atoms with Crippen LogP contribution in [0.25, 0.3) is 0 Å². The van der Waals surface area contributed by atoms with E-state index in [1.54, 1.807) is 0 Å². The Morgan fingerprint density at radius 1 is 1.24 bits per heavy atom. The lowest BCUT2D eigenvalue weighted by molar-refractivity contribution is 0.191. The smallest absolute Gasteiger partial charge is 0.128 e. The summed E-state index contributed by atoms with van der Waals surface area (Å²) in [6.45, 7) is 17.1. The Morgan fingerprint density at radius 3 is 2.52 bits per heavy atom. The van der Waals surface area contributed by atoms with Gasteiger partial charge in [0.05, 0.1) is 11.9 Å². The SMILES string of the molecule is C=C1CCN(C2CN(c3ccc(C)cn3)C2)C(=C)N1.CC.